The molecule has 0 saturated carbocycles. The molecule has 3 N–H and O–H groups in total. The molecule has 0 saturated heterocycles. The van der Waals surface area contributed by atoms with Crippen LogP contribution >= 0.6 is 95.9 Å². The predicted octanol–water partition coefficient (Wildman–Crippen LogP) is 1.18. The lowest BCUT2D eigenvalue weighted by atomic mass is 14.0. The summed E-state index contributed by atoms with van der Waals surface area (Å²) in [5.74, 6) is 0. The minimum absolute atomic E-state index is 0. The molecule has 0 atom stereocenters. The van der Waals surface area contributed by atoms with Gasteiger partial charge in [-0.3, -0.25) is 0 Å². The zero-order chi connectivity index (χ0) is 0. The summed E-state index contributed by atoms with van der Waals surface area (Å²) < 4.78 is 0. The van der Waals surface area contributed by atoms with Gasteiger partial charge < -0.3 is 6.15 Å². The summed E-state index contributed by atoms with van der Waals surface area (Å²) in [7, 11) is 0. The van der Waals surface area contributed by atoms with Gasteiger partial charge in [0.15, 0.2) is 0 Å². The second kappa shape index (κ2) is 42.5. The van der Waals surface area contributed by atoms with Crippen LogP contribution in [0, 0.1) is 0 Å². The van der Waals surface area contributed by atoms with E-state index in [-0.39, 0.29) is 113 Å². The first-order chi connectivity index (χ1) is 0. The van der Waals surface area contributed by atoms with Crippen LogP contribution in [0.25, 0.3) is 0 Å². The molecule has 0 aliphatic carbocycles. The van der Waals surface area contributed by atoms with Gasteiger partial charge in [0.2, 0.25) is 0 Å². The molecule has 0 heterocycles. The predicted molar refractivity (Wildman–Crippen MR) is 78.0 cm³/mol. The van der Waals surface area contributed by atoms with E-state index in [4.69, 9.17) is 0 Å². The Hall–Kier alpha value is 3.10. The van der Waals surface area contributed by atoms with Crippen LogP contribution in [0.1, 0.15) is 0 Å². The Bertz CT molecular complexity index is 7.51. The summed E-state index contributed by atoms with van der Waals surface area (Å²) >= 11 is 0. The van der Waals surface area contributed by atoms with Gasteiger partial charge in [-0.25, -0.2) is 0 Å². The summed E-state index contributed by atoms with van der Waals surface area (Å²) in [6, 6.07) is 0. The maximum absolute atomic E-state index is 0. The molecule has 1 nitrogen and oxygen atoms in total. The van der Waals surface area contributed by atoms with Crippen LogP contribution in [0.4, 0.5) is 0 Å². The summed E-state index contributed by atoms with van der Waals surface area (Å²) in [5.41, 5.74) is 0. The maximum atomic E-state index is 0. The van der Waals surface area contributed by atoms with Gasteiger partial charge in [0, 0.05) is 0 Å². The van der Waals surface area contributed by atoms with Gasteiger partial charge in [-0.15, -0.1) is 95.9 Å². The van der Waals surface area contributed by atoms with Crippen LogP contribution in [0.3, 0.4) is 0 Å². The van der Waals surface area contributed by atoms with Gasteiger partial charge >= 0.3 is 0 Å². The zero-order valence-electron chi connectivity index (χ0n) is 2.34. The standard InChI is InChI=1S/4HI.H3N.H4Si/h4*1H;1H3;1H4. The van der Waals surface area contributed by atoms with E-state index < -0.39 is 0 Å². The minimum atomic E-state index is 0. The molecule has 0 unspecified atom stereocenters. The van der Waals surface area contributed by atoms with Gasteiger partial charge in [0.05, 0.1) is 0 Å². The highest BCUT2D eigenvalue weighted by Gasteiger charge is -0.0148. The van der Waals surface area contributed by atoms with Gasteiger partial charge in [0.1, 0.15) is 0 Å². The molecular weight excluding hydrogens is 550 g/mol. The zero-order valence-corrected chi connectivity index (χ0v) is 11.7. The molecule has 0 amide bonds. The Morgan fingerprint density at radius 1 is 0.500 bits per heavy atom. The molecule has 0 aromatic carbocycles. The Morgan fingerprint density at radius 2 is 0.500 bits per heavy atom. The van der Waals surface area contributed by atoms with Crippen molar-refractivity contribution in [1.29, 1.82) is 0 Å². The first-order valence-electron chi connectivity index (χ1n) is 0. The minimum Gasteiger partial charge on any atom is -0.344 e. The van der Waals surface area contributed by atoms with E-state index >= 15 is 0 Å². The molecule has 0 rings (SSSR count). The fraction of sp³-hybridized carbons (Fsp3) is 0. The summed E-state index contributed by atoms with van der Waals surface area (Å²) in [4.78, 5) is 0. The Labute approximate surface area is 111 Å². The van der Waals surface area contributed by atoms with Crippen LogP contribution in [0.5, 0.6) is 0 Å². The van der Waals surface area contributed by atoms with E-state index in [1.165, 1.54) is 0 Å². The van der Waals surface area contributed by atoms with Crippen LogP contribution in [-0.2, 0) is 0 Å². The molecule has 0 spiro atoms. The number of rotatable bonds is 0. The fourth-order valence-corrected chi connectivity index (χ4v) is 0. The second-order valence-electron chi connectivity index (χ2n) is 0. The van der Waals surface area contributed by atoms with E-state index in [9.17, 15) is 0 Å². The SMILES string of the molecule is I.I.I.I.N.[SiH4]. The van der Waals surface area contributed by atoms with E-state index in [1.807, 2.05) is 0 Å². The van der Waals surface area contributed by atoms with Crippen molar-refractivity contribution in [1.82, 2.24) is 6.15 Å². The second-order valence-corrected chi connectivity index (χ2v) is 0. The van der Waals surface area contributed by atoms with Crippen LogP contribution in [0.2, 0.25) is 0 Å². The molecule has 0 aliphatic rings. The smallest absolute Gasteiger partial charge is 0.0149 e. The van der Waals surface area contributed by atoms with Crippen molar-refractivity contribution >= 4 is 107 Å². The molecule has 0 radical (unpaired) electrons. The average molecular weight is 561 g/mol. The Morgan fingerprint density at radius 3 is 0.500 bits per heavy atom. The van der Waals surface area contributed by atoms with Crippen LogP contribution < -0.4 is 6.15 Å². The van der Waals surface area contributed by atoms with Gasteiger partial charge in [-0.1, -0.05) is 0 Å². The highest BCUT2D eigenvalue weighted by atomic mass is 127. The van der Waals surface area contributed by atoms with Crippen molar-refractivity contribution in [2.45, 2.75) is 0 Å². The van der Waals surface area contributed by atoms with E-state index in [0.717, 1.165) is 0 Å². The van der Waals surface area contributed by atoms with Gasteiger partial charge in [-0.05, 0) is 11.0 Å². The molecule has 6 heteroatoms. The third-order valence-corrected chi connectivity index (χ3v) is 0. The van der Waals surface area contributed by atoms with Crippen molar-refractivity contribution in [3.63, 3.8) is 0 Å². The number of halogens is 4. The van der Waals surface area contributed by atoms with Crippen molar-refractivity contribution in [3.8, 4) is 0 Å². The van der Waals surface area contributed by atoms with Crippen molar-refractivity contribution in [2.24, 2.45) is 0 Å². The normalized spacial score (nSPS) is 0. The topological polar surface area (TPSA) is 35.0 Å². The van der Waals surface area contributed by atoms with Gasteiger partial charge in [0.25, 0.3) is 0 Å². The first-order valence-corrected chi connectivity index (χ1v) is 0. The summed E-state index contributed by atoms with van der Waals surface area (Å²) in [5, 5.41) is 0. The first kappa shape index (κ1) is 62.2. The molecule has 6 heavy (non-hydrogen) atoms. The lowest BCUT2D eigenvalue weighted by Gasteiger charge is -0.344. The van der Waals surface area contributed by atoms with E-state index in [2.05, 4.69) is 0 Å². The Balaban J connectivity index is 0. The highest BCUT2D eigenvalue weighted by molar-refractivity contribution is 14.0. The van der Waals surface area contributed by atoms with Crippen LogP contribution in [-0.4, -0.2) is 11.0 Å². The lowest BCUT2D eigenvalue weighted by molar-refractivity contribution is 2.13. The van der Waals surface area contributed by atoms with Crippen LogP contribution in [0.15, 0.2) is 0 Å². The lowest BCUT2D eigenvalue weighted by Crippen LogP contribution is -0.481. The van der Waals surface area contributed by atoms with Gasteiger partial charge in [-0.2, -0.15) is 0 Å². The quantitative estimate of drug-likeness (QED) is 0.351. The molecule has 0 aliphatic heterocycles. The third kappa shape index (κ3) is 27.5. The fourth-order valence-electron chi connectivity index (χ4n) is 0. The highest BCUT2D eigenvalue weighted by Crippen LogP contribution is 0.889. The van der Waals surface area contributed by atoms with E-state index in [0.29, 0.717) is 0 Å². The molecule has 0 aromatic rings. The molecule has 0 aromatic heterocycles. The molecule has 0 fully saturated rings. The van der Waals surface area contributed by atoms with Crippen molar-refractivity contribution in [2.75, 3.05) is 0 Å². The Kier molecular flexibility index (Phi) is 441. The third-order valence-electron chi connectivity index (χ3n) is 0. The summed E-state index contributed by atoms with van der Waals surface area (Å²) in [6.45, 7) is 0. The molecular formula is H11I4NSi. The largest absolute Gasteiger partial charge is 0.344 e. The average Bonchev–Trinajstić information content (AvgIpc) is 0. The van der Waals surface area contributed by atoms with Crippen molar-refractivity contribution in [3.05, 3.63) is 0 Å². The summed E-state index contributed by atoms with van der Waals surface area (Å²) in [6.07, 6.45) is 0. The maximum Gasteiger partial charge on any atom is -0.0149 e. The monoisotopic (exact) mass is 561 g/mol. The number of hydrogen-bond acceptors (Lipinski definition) is 1. The van der Waals surface area contributed by atoms with E-state index in [1.54, 1.807) is 0 Å². The molecule has 0 bridgehead atoms. The van der Waals surface area contributed by atoms with Crippen molar-refractivity contribution < 1.29 is 0 Å². The molecule has 48 valence electrons. The number of hydrogen-bond donors (Lipinski definition) is 1.